The van der Waals surface area contributed by atoms with Gasteiger partial charge >= 0.3 is 0 Å². The molecule has 0 aliphatic carbocycles. The smallest absolute Gasteiger partial charge is 0.250 e. The minimum atomic E-state index is -3.60. The first-order valence-electron chi connectivity index (χ1n) is 6.89. The van der Waals surface area contributed by atoms with Gasteiger partial charge in [0.1, 0.15) is 4.21 Å². The van der Waals surface area contributed by atoms with E-state index in [0.717, 1.165) is 22.6 Å². The fourth-order valence-electron chi connectivity index (χ4n) is 2.00. The summed E-state index contributed by atoms with van der Waals surface area (Å²) < 4.78 is 27.3. The van der Waals surface area contributed by atoms with Gasteiger partial charge in [-0.15, -0.1) is 11.3 Å². The summed E-state index contributed by atoms with van der Waals surface area (Å²) in [7, 11) is -3.60. The van der Waals surface area contributed by atoms with Crippen molar-refractivity contribution in [2.45, 2.75) is 18.1 Å². The molecule has 0 fully saturated rings. The van der Waals surface area contributed by atoms with Crippen LogP contribution in [0.15, 0.2) is 40.6 Å². The van der Waals surface area contributed by atoms with E-state index in [4.69, 9.17) is 11.6 Å². The summed E-state index contributed by atoms with van der Waals surface area (Å²) in [6.45, 7) is 3.78. The Morgan fingerprint density at radius 3 is 2.39 bits per heavy atom. The van der Waals surface area contributed by atoms with Crippen molar-refractivity contribution in [3.63, 3.8) is 0 Å². The van der Waals surface area contributed by atoms with Gasteiger partial charge in [0.25, 0.3) is 0 Å². The highest BCUT2D eigenvalue weighted by Gasteiger charge is 2.17. The van der Waals surface area contributed by atoms with Gasteiger partial charge in [0.05, 0.1) is 4.34 Å². The molecule has 1 aromatic carbocycles. The summed E-state index contributed by atoms with van der Waals surface area (Å²) in [6, 6.07) is 10.5. The molecule has 0 saturated carbocycles. The van der Waals surface area contributed by atoms with E-state index >= 15 is 0 Å². The first kappa shape index (κ1) is 17.9. The Balaban J connectivity index is 2.02. The first-order chi connectivity index (χ1) is 10.8. The number of thiophene rings is 1. The molecule has 2 rings (SSSR count). The van der Waals surface area contributed by atoms with Crippen LogP contribution < -0.4 is 9.62 Å². The number of aryl methyl sites for hydroxylation is 1. The van der Waals surface area contributed by atoms with E-state index in [1.54, 1.807) is 0 Å². The van der Waals surface area contributed by atoms with Crippen molar-refractivity contribution < 1.29 is 13.2 Å². The number of hydrogen-bond donors (Lipinski definition) is 1. The van der Waals surface area contributed by atoms with E-state index in [2.05, 4.69) is 4.72 Å². The van der Waals surface area contributed by atoms with Gasteiger partial charge < -0.3 is 4.90 Å². The Kier molecular flexibility index (Phi) is 5.80. The van der Waals surface area contributed by atoms with Crippen LogP contribution in [-0.2, 0) is 14.8 Å². The fourth-order valence-corrected chi connectivity index (χ4v) is 4.55. The van der Waals surface area contributed by atoms with Crippen LogP contribution in [0.5, 0.6) is 0 Å². The molecule has 0 bridgehead atoms. The maximum absolute atomic E-state index is 12.1. The summed E-state index contributed by atoms with van der Waals surface area (Å²) >= 11 is 6.75. The zero-order valence-corrected chi connectivity index (χ0v) is 15.1. The number of nitrogens with zero attached hydrogens (tertiary/aromatic N) is 1. The Bertz CT molecular complexity index is 785. The van der Waals surface area contributed by atoms with Crippen molar-refractivity contribution in [1.29, 1.82) is 0 Å². The third kappa shape index (κ3) is 4.78. The average Bonchev–Trinajstić information content (AvgIpc) is 2.92. The molecule has 0 saturated heterocycles. The van der Waals surface area contributed by atoms with Crippen molar-refractivity contribution in [2.24, 2.45) is 0 Å². The quantitative estimate of drug-likeness (QED) is 0.847. The van der Waals surface area contributed by atoms with Gasteiger partial charge in [-0.3, -0.25) is 4.79 Å². The van der Waals surface area contributed by atoms with E-state index in [-0.39, 0.29) is 23.2 Å². The zero-order chi connectivity index (χ0) is 17.0. The maximum atomic E-state index is 12.1. The molecule has 124 valence electrons. The van der Waals surface area contributed by atoms with Gasteiger partial charge in [0.15, 0.2) is 0 Å². The van der Waals surface area contributed by atoms with Crippen molar-refractivity contribution in [1.82, 2.24) is 4.72 Å². The van der Waals surface area contributed by atoms with Gasteiger partial charge in [0.2, 0.25) is 15.9 Å². The van der Waals surface area contributed by atoms with E-state index in [1.165, 1.54) is 24.0 Å². The Hall–Kier alpha value is -1.41. The molecule has 23 heavy (non-hydrogen) atoms. The standard InChI is InChI=1S/C15H17ClN2O3S2/c1-11-3-5-13(6-4-11)18(12(2)19)10-9-17-23(20,21)15-8-7-14(16)22-15/h3-8,17H,9-10H2,1-2H3. The molecule has 0 radical (unpaired) electrons. The van der Waals surface area contributed by atoms with E-state index < -0.39 is 10.0 Å². The number of rotatable bonds is 6. The molecule has 1 N–H and O–H groups in total. The molecule has 0 aliphatic rings. The largest absolute Gasteiger partial charge is 0.311 e. The fraction of sp³-hybridized carbons (Fsp3) is 0.267. The Morgan fingerprint density at radius 1 is 1.22 bits per heavy atom. The Labute approximate surface area is 144 Å². The van der Waals surface area contributed by atoms with Crippen LogP contribution in [0.2, 0.25) is 4.34 Å². The molecule has 1 aromatic heterocycles. The summed E-state index contributed by atoms with van der Waals surface area (Å²) in [5, 5.41) is 0. The molecule has 8 heteroatoms. The summed E-state index contributed by atoms with van der Waals surface area (Å²) in [5.41, 5.74) is 1.83. The molecule has 0 aliphatic heterocycles. The lowest BCUT2D eigenvalue weighted by atomic mass is 10.2. The highest BCUT2D eigenvalue weighted by molar-refractivity contribution is 7.91. The van der Waals surface area contributed by atoms with Gasteiger partial charge in [-0.2, -0.15) is 0 Å². The van der Waals surface area contributed by atoms with Crippen LogP contribution in [0.3, 0.4) is 0 Å². The third-order valence-corrected chi connectivity index (χ3v) is 6.35. The number of anilines is 1. The number of sulfonamides is 1. The molecule has 1 amide bonds. The number of benzene rings is 1. The Morgan fingerprint density at radius 2 is 1.87 bits per heavy atom. The zero-order valence-electron chi connectivity index (χ0n) is 12.7. The number of nitrogens with one attached hydrogen (secondary N) is 1. The van der Waals surface area contributed by atoms with Crippen molar-refractivity contribution in [3.05, 3.63) is 46.3 Å². The van der Waals surface area contributed by atoms with E-state index in [9.17, 15) is 13.2 Å². The van der Waals surface area contributed by atoms with Gasteiger partial charge in [-0.1, -0.05) is 29.3 Å². The molecule has 2 aromatic rings. The van der Waals surface area contributed by atoms with Crippen molar-refractivity contribution in [3.8, 4) is 0 Å². The average molecular weight is 373 g/mol. The molecule has 1 heterocycles. The predicted molar refractivity (Wildman–Crippen MR) is 93.7 cm³/mol. The number of hydrogen-bond acceptors (Lipinski definition) is 4. The topological polar surface area (TPSA) is 66.5 Å². The minimum absolute atomic E-state index is 0.116. The third-order valence-electron chi connectivity index (χ3n) is 3.17. The number of carbonyl (C=O) groups is 1. The highest BCUT2D eigenvalue weighted by atomic mass is 35.5. The second-order valence-electron chi connectivity index (χ2n) is 4.96. The van der Waals surface area contributed by atoms with Gasteiger partial charge in [0, 0.05) is 25.7 Å². The van der Waals surface area contributed by atoms with E-state index in [0.29, 0.717) is 4.34 Å². The lowest BCUT2D eigenvalue weighted by Crippen LogP contribution is -2.37. The van der Waals surface area contributed by atoms with Gasteiger partial charge in [-0.05, 0) is 31.2 Å². The summed E-state index contributed by atoms with van der Waals surface area (Å²) in [5.74, 6) is -0.146. The first-order valence-corrected chi connectivity index (χ1v) is 9.57. The lowest BCUT2D eigenvalue weighted by Gasteiger charge is -2.21. The number of halogens is 1. The van der Waals surface area contributed by atoms with Crippen LogP contribution in [0.4, 0.5) is 5.69 Å². The highest BCUT2D eigenvalue weighted by Crippen LogP contribution is 2.25. The van der Waals surface area contributed by atoms with Crippen LogP contribution >= 0.6 is 22.9 Å². The molecular formula is C15H17ClN2O3S2. The maximum Gasteiger partial charge on any atom is 0.250 e. The molecule has 0 spiro atoms. The second-order valence-corrected chi connectivity index (χ2v) is 8.67. The van der Waals surface area contributed by atoms with Crippen LogP contribution in [-0.4, -0.2) is 27.4 Å². The molecule has 0 atom stereocenters. The number of amides is 1. The number of carbonyl (C=O) groups excluding carboxylic acids is 1. The molecular weight excluding hydrogens is 356 g/mol. The SMILES string of the molecule is CC(=O)N(CCNS(=O)(=O)c1ccc(Cl)s1)c1ccc(C)cc1. The monoisotopic (exact) mass is 372 g/mol. The van der Waals surface area contributed by atoms with Crippen molar-refractivity contribution in [2.75, 3.05) is 18.0 Å². The molecule has 5 nitrogen and oxygen atoms in total. The van der Waals surface area contributed by atoms with E-state index in [1.807, 2.05) is 31.2 Å². The second kappa shape index (κ2) is 7.44. The lowest BCUT2D eigenvalue weighted by molar-refractivity contribution is -0.116. The summed E-state index contributed by atoms with van der Waals surface area (Å²) in [4.78, 5) is 13.3. The minimum Gasteiger partial charge on any atom is -0.311 e. The normalized spacial score (nSPS) is 11.4. The van der Waals surface area contributed by atoms with Crippen LogP contribution in [0.25, 0.3) is 0 Å². The van der Waals surface area contributed by atoms with Crippen molar-refractivity contribution >= 4 is 44.6 Å². The molecule has 0 unspecified atom stereocenters. The predicted octanol–water partition coefficient (Wildman–Crippen LogP) is 3.04. The van der Waals surface area contributed by atoms with Gasteiger partial charge in [-0.25, -0.2) is 13.1 Å². The van der Waals surface area contributed by atoms with Crippen LogP contribution in [0.1, 0.15) is 12.5 Å². The summed E-state index contributed by atoms with van der Waals surface area (Å²) in [6.07, 6.45) is 0. The van der Waals surface area contributed by atoms with Crippen LogP contribution in [0, 0.1) is 6.92 Å².